The third-order valence-corrected chi connectivity index (χ3v) is 2.84. The van der Waals surface area contributed by atoms with Crippen LogP contribution in [-0.2, 0) is 7.05 Å². The van der Waals surface area contributed by atoms with Gasteiger partial charge in [-0.05, 0) is 26.0 Å². The summed E-state index contributed by atoms with van der Waals surface area (Å²) >= 11 is 0. The standard InChI is InChI=1S/C14H16N4O/c1-9(2)7-10(8-15)16-14(19)13-11-5-4-6-12(11)17-18(13)3/h4-7,10,17H,1-3H3,(H,16,19). The molecule has 0 bridgehead atoms. The Balaban J connectivity index is 2.26. The Morgan fingerprint density at radius 1 is 1.53 bits per heavy atom. The zero-order valence-corrected chi connectivity index (χ0v) is 11.2. The molecule has 0 aromatic rings. The molecule has 1 amide bonds. The molecule has 0 saturated carbocycles. The molecular formula is C14H16N4O. The quantitative estimate of drug-likeness (QED) is 0.825. The number of H-pyrrole nitrogens is 1. The maximum absolute atomic E-state index is 12.3. The van der Waals surface area contributed by atoms with E-state index in [4.69, 9.17) is 5.26 Å². The normalized spacial score (nSPS) is 11.9. The summed E-state index contributed by atoms with van der Waals surface area (Å²) in [6.07, 6.45) is 1.73. The maximum atomic E-state index is 12.3. The molecule has 1 atom stereocenters. The minimum Gasteiger partial charge on any atom is -0.332 e. The third-order valence-electron chi connectivity index (χ3n) is 2.84. The van der Waals surface area contributed by atoms with E-state index in [1.54, 1.807) is 17.8 Å². The second-order valence-corrected chi connectivity index (χ2v) is 4.70. The molecule has 0 aromatic heterocycles. The molecule has 1 heterocycles. The molecule has 0 saturated heterocycles. The number of allylic oxidation sites excluding steroid dienone is 1. The van der Waals surface area contributed by atoms with E-state index in [0.29, 0.717) is 5.69 Å². The molecule has 19 heavy (non-hydrogen) atoms. The summed E-state index contributed by atoms with van der Waals surface area (Å²) in [7, 11) is 1.78. The van der Waals surface area contributed by atoms with Gasteiger partial charge in [-0.1, -0.05) is 17.7 Å². The topological polar surface area (TPSA) is 73.6 Å². The molecule has 0 fully saturated rings. The van der Waals surface area contributed by atoms with Gasteiger partial charge in [0, 0.05) is 12.6 Å². The Morgan fingerprint density at radius 2 is 2.26 bits per heavy atom. The number of aromatic amines is 1. The third kappa shape index (κ3) is 2.52. The Hall–Kier alpha value is -2.48. The van der Waals surface area contributed by atoms with Gasteiger partial charge in [0.25, 0.3) is 5.91 Å². The van der Waals surface area contributed by atoms with Gasteiger partial charge in [0.15, 0.2) is 0 Å². The van der Waals surface area contributed by atoms with Crippen LogP contribution < -0.4 is 5.32 Å². The maximum Gasteiger partial charge on any atom is 0.271 e. The molecule has 5 heteroatoms. The van der Waals surface area contributed by atoms with Crippen LogP contribution in [0.5, 0.6) is 0 Å². The number of amides is 1. The number of carbonyl (C=O) groups excluding carboxylic acids is 1. The van der Waals surface area contributed by atoms with Crippen LogP contribution in [0, 0.1) is 11.3 Å². The number of aryl methyl sites for hydroxylation is 1. The fourth-order valence-corrected chi connectivity index (χ4v) is 2.07. The number of nitrogens with one attached hydrogen (secondary N) is 2. The van der Waals surface area contributed by atoms with E-state index in [2.05, 4.69) is 16.5 Å². The SMILES string of the molecule is CC(C)=CC(C#N)NC(=O)c1c2cccc-2[nH]n1C. The summed E-state index contributed by atoms with van der Waals surface area (Å²) in [5.41, 5.74) is 3.28. The van der Waals surface area contributed by atoms with Gasteiger partial charge < -0.3 is 5.32 Å². The van der Waals surface area contributed by atoms with Crippen LogP contribution in [0.25, 0.3) is 11.3 Å². The van der Waals surface area contributed by atoms with Crippen molar-refractivity contribution in [1.82, 2.24) is 15.1 Å². The van der Waals surface area contributed by atoms with Gasteiger partial charge in [0.2, 0.25) is 0 Å². The summed E-state index contributed by atoms with van der Waals surface area (Å²) in [5.74, 6) is -0.260. The molecule has 2 rings (SSSR count). The fraction of sp³-hybridized carbons (Fsp3) is 0.286. The van der Waals surface area contributed by atoms with Crippen molar-refractivity contribution in [3.63, 3.8) is 0 Å². The van der Waals surface area contributed by atoms with Gasteiger partial charge >= 0.3 is 0 Å². The first-order valence-corrected chi connectivity index (χ1v) is 6.02. The number of hydrogen-bond acceptors (Lipinski definition) is 2. The second kappa shape index (κ2) is 5.02. The number of aromatic nitrogens is 2. The first-order chi connectivity index (χ1) is 9.02. The molecule has 5 nitrogen and oxygen atoms in total. The Morgan fingerprint density at radius 3 is 2.89 bits per heavy atom. The molecule has 2 aliphatic rings. The van der Waals surface area contributed by atoms with Crippen molar-refractivity contribution in [2.24, 2.45) is 7.05 Å². The van der Waals surface area contributed by atoms with Crippen molar-refractivity contribution in [3.8, 4) is 17.3 Å². The van der Waals surface area contributed by atoms with Crippen molar-refractivity contribution in [3.05, 3.63) is 35.5 Å². The molecule has 0 radical (unpaired) electrons. The van der Waals surface area contributed by atoms with E-state index in [0.717, 1.165) is 16.8 Å². The monoisotopic (exact) mass is 256 g/mol. The molecule has 0 aromatic carbocycles. The summed E-state index contributed by atoms with van der Waals surface area (Å²) in [5, 5.41) is 14.8. The van der Waals surface area contributed by atoms with E-state index in [1.807, 2.05) is 32.0 Å². The molecule has 98 valence electrons. The fourth-order valence-electron chi connectivity index (χ4n) is 2.07. The molecular weight excluding hydrogens is 240 g/mol. The Labute approximate surface area is 111 Å². The predicted molar refractivity (Wildman–Crippen MR) is 72.7 cm³/mol. The first-order valence-electron chi connectivity index (χ1n) is 6.02. The first kappa shape index (κ1) is 13.0. The molecule has 1 unspecified atom stereocenters. The molecule has 2 N–H and O–H groups in total. The van der Waals surface area contributed by atoms with Crippen LogP contribution in [0.4, 0.5) is 0 Å². The van der Waals surface area contributed by atoms with Crippen LogP contribution in [0.1, 0.15) is 24.3 Å². The van der Waals surface area contributed by atoms with Gasteiger partial charge in [0.1, 0.15) is 11.7 Å². The van der Waals surface area contributed by atoms with Gasteiger partial charge in [-0.2, -0.15) is 5.26 Å². The average molecular weight is 256 g/mol. The zero-order chi connectivity index (χ0) is 14.0. The van der Waals surface area contributed by atoms with Gasteiger partial charge in [-0.15, -0.1) is 0 Å². The van der Waals surface area contributed by atoms with Crippen molar-refractivity contribution in [1.29, 1.82) is 5.26 Å². The molecule has 1 aliphatic heterocycles. The van der Waals surface area contributed by atoms with E-state index < -0.39 is 6.04 Å². The second-order valence-electron chi connectivity index (χ2n) is 4.70. The molecule has 0 spiro atoms. The number of carbonyl (C=O) groups is 1. The van der Waals surface area contributed by atoms with Crippen molar-refractivity contribution in [2.75, 3.05) is 0 Å². The highest BCUT2D eigenvalue weighted by Gasteiger charge is 2.21. The smallest absolute Gasteiger partial charge is 0.271 e. The van der Waals surface area contributed by atoms with E-state index in [1.165, 1.54) is 0 Å². The number of nitriles is 1. The van der Waals surface area contributed by atoms with Crippen LogP contribution in [0.3, 0.4) is 0 Å². The lowest BCUT2D eigenvalue weighted by Crippen LogP contribution is -2.33. The summed E-state index contributed by atoms with van der Waals surface area (Å²) < 4.78 is 1.66. The van der Waals surface area contributed by atoms with Crippen LogP contribution >= 0.6 is 0 Å². The highest BCUT2D eigenvalue weighted by molar-refractivity contribution is 6.00. The van der Waals surface area contributed by atoms with E-state index >= 15 is 0 Å². The summed E-state index contributed by atoms with van der Waals surface area (Å²) in [6.45, 7) is 3.78. The lowest BCUT2D eigenvalue weighted by molar-refractivity contribution is 0.0942. The minimum atomic E-state index is -0.614. The van der Waals surface area contributed by atoms with Crippen molar-refractivity contribution in [2.45, 2.75) is 19.9 Å². The van der Waals surface area contributed by atoms with Gasteiger partial charge in [-0.3, -0.25) is 14.6 Å². The number of rotatable bonds is 3. The summed E-state index contributed by atoms with van der Waals surface area (Å²) in [4.78, 5) is 12.3. The van der Waals surface area contributed by atoms with E-state index in [9.17, 15) is 4.79 Å². The zero-order valence-electron chi connectivity index (χ0n) is 11.2. The lowest BCUT2D eigenvalue weighted by atomic mass is 10.1. The van der Waals surface area contributed by atoms with Gasteiger partial charge in [-0.25, -0.2) is 0 Å². The Kier molecular flexibility index (Phi) is 3.43. The number of hydrogen-bond donors (Lipinski definition) is 2. The number of nitrogens with zero attached hydrogens (tertiary/aromatic N) is 2. The van der Waals surface area contributed by atoms with Crippen molar-refractivity contribution < 1.29 is 4.79 Å². The highest BCUT2D eigenvalue weighted by Crippen LogP contribution is 2.25. The van der Waals surface area contributed by atoms with Crippen LogP contribution in [0.2, 0.25) is 0 Å². The molecule has 1 aliphatic carbocycles. The van der Waals surface area contributed by atoms with E-state index in [-0.39, 0.29) is 5.91 Å². The Bertz CT molecular complexity index is 637. The predicted octanol–water partition coefficient (Wildman–Crippen LogP) is 2.05. The largest absolute Gasteiger partial charge is 0.332 e. The van der Waals surface area contributed by atoms with Crippen LogP contribution in [0.15, 0.2) is 29.8 Å². The lowest BCUT2D eigenvalue weighted by Gasteiger charge is -2.09. The van der Waals surface area contributed by atoms with Crippen molar-refractivity contribution >= 4 is 5.91 Å². The highest BCUT2D eigenvalue weighted by atomic mass is 16.2. The van der Waals surface area contributed by atoms with Gasteiger partial charge in [0.05, 0.1) is 11.8 Å². The minimum absolute atomic E-state index is 0.260. The average Bonchev–Trinajstić information content (AvgIpc) is 2.86. The number of fused-ring (bicyclic) bond motifs is 1. The summed E-state index contributed by atoms with van der Waals surface area (Å²) in [6, 6.07) is 7.12. The van der Waals surface area contributed by atoms with Crippen LogP contribution in [-0.4, -0.2) is 21.7 Å².